The summed E-state index contributed by atoms with van der Waals surface area (Å²) in [5.41, 5.74) is 16.9. The van der Waals surface area contributed by atoms with E-state index in [1.54, 1.807) is 7.11 Å². The van der Waals surface area contributed by atoms with Gasteiger partial charge in [0.05, 0.1) is 17.9 Å². The Kier molecular flexibility index (Phi) is 3.46. The minimum atomic E-state index is 0.747. The molecule has 0 atom stereocenters. The molecule has 25 heavy (non-hydrogen) atoms. The van der Waals surface area contributed by atoms with Gasteiger partial charge in [-0.15, -0.1) is 0 Å². The number of aryl methyl sites for hydroxylation is 1. The van der Waals surface area contributed by atoms with Gasteiger partial charge in [-0.25, -0.2) is 0 Å². The summed E-state index contributed by atoms with van der Waals surface area (Å²) in [7, 11) is 3.73. The van der Waals surface area contributed by atoms with Gasteiger partial charge < -0.3 is 16.2 Å². The first-order valence-electron chi connectivity index (χ1n) is 8.13. The zero-order chi connectivity index (χ0) is 17.6. The van der Waals surface area contributed by atoms with Crippen molar-refractivity contribution in [1.29, 1.82) is 0 Å². The topological polar surface area (TPSA) is 65.1 Å². The van der Waals surface area contributed by atoms with Crippen LogP contribution in [0.1, 0.15) is 0 Å². The molecule has 4 aromatic rings. The minimum Gasteiger partial charge on any atom is -0.497 e. The van der Waals surface area contributed by atoms with Crippen LogP contribution in [-0.4, -0.2) is 7.11 Å². The Bertz CT molecular complexity index is 1100. The SMILES string of the molecule is COc1ccc(-c2c3cc(N)ccc3c3ccc(N)cc3[n+]2C)cc1. The highest BCUT2D eigenvalue weighted by Gasteiger charge is 2.21. The Morgan fingerprint density at radius 3 is 2.08 bits per heavy atom. The van der Waals surface area contributed by atoms with Crippen molar-refractivity contribution < 1.29 is 9.30 Å². The molecular weight excluding hydrogens is 310 g/mol. The molecule has 0 bridgehead atoms. The summed E-state index contributed by atoms with van der Waals surface area (Å²) < 4.78 is 7.46. The zero-order valence-electron chi connectivity index (χ0n) is 14.3. The first-order valence-corrected chi connectivity index (χ1v) is 8.13. The number of nitrogen functional groups attached to an aromatic ring is 2. The lowest BCUT2D eigenvalue weighted by Gasteiger charge is -2.11. The van der Waals surface area contributed by atoms with Crippen molar-refractivity contribution in [1.82, 2.24) is 0 Å². The van der Waals surface area contributed by atoms with E-state index in [1.807, 2.05) is 36.4 Å². The molecule has 4 rings (SSSR count). The second-order valence-electron chi connectivity index (χ2n) is 6.22. The van der Waals surface area contributed by atoms with E-state index >= 15 is 0 Å². The van der Waals surface area contributed by atoms with Crippen LogP contribution in [0.4, 0.5) is 11.4 Å². The van der Waals surface area contributed by atoms with E-state index in [9.17, 15) is 0 Å². The van der Waals surface area contributed by atoms with Crippen molar-refractivity contribution in [2.75, 3.05) is 18.6 Å². The Morgan fingerprint density at radius 2 is 1.40 bits per heavy atom. The molecule has 1 aromatic heterocycles. The van der Waals surface area contributed by atoms with Gasteiger partial charge in [-0.05, 0) is 48.5 Å². The monoisotopic (exact) mass is 330 g/mol. The summed E-state index contributed by atoms with van der Waals surface area (Å²) in [4.78, 5) is 0. The summed E-state index contributed by atoms with van der Waals surface area (Å²) in [6, 6.07) is 20.1. The summed E-state index contributed by atoms with van der Waals surface area (Å²) in [6.07, 6.45) is 0. The fourth-order valence-corrected chi connectivity index (χ4v) is 3.45. The number of nitrogens with two attached hydrogens (primary N) is 2. The van der Waals surface area contributed by atoms with Crippen LogP contribution in [0.25, 0.3) is 32.9 Å². The lowest BCUT2D eigenvalue weighted by molar-refractivity contribution is -0.632. The maximum absolute atomic E-state index is 6.09. The molecule has 4 nitrogen and oxygen atoms in total. The third-order valence-electron chi connectivity index (χ3n) is 4.67. The molecule has 0 saturated carbocycles. The van der Waals surface area contributed by atoms with Gasteiger partial charge in [0.25, 0.3) is 0 Å². The number of aromatic nitrogens is 1. The molecule has 124 valence electrons. The van der Waals surface area contributed by atoms with E-state index in [0.29, 0.717) is 0 Å². The summed E-state index contributed by atoms with van der Waals surface area (Å²) in [6.45, 7) is 0. The minimum absolute atomic E-state index is 0.747. The molecule has 0 radical (unpaired) electrons. The highest BCUT2D eigenvalue weighted by Crippen LogP contribution is 2.33. The summed E-state index contributed by atoms with van der Waals surface area (Å²) in [5.74, 6) is 0.834. The molecule has 0 amide bonds. The Labute approximate surface area is 146 Å². The molecule has 0 saturated heterocycles. The maximum Gasteiger partial charge on any atom is 0.220 e. The number of pyridine rings is 1. The molecule has 0 aliphatic rings. The number of hydrogen-bond acceptors (Lipinski definition) is 3. The number of anilines is 2. The Morgan fingerprint density at radius 1 is 0.760 bits per heavy atom. The molecule has 0 aliphatic heterocycles. The number of nitrogens with zero attached hydrogens (tertiary/aromatic N) is 1. The van der Waals surface area contributed by atoms with Crippen LogP contribution in [0.5, 0.6) is 5.75 Å². The van der Waals surface area contributed by atoms with E-state index in [2.05, 4.69) is 35.9 Å². The van der Waals surface area contributed by atoms with Gasteiger partial charge in [0.1, 0.15) is 12.8 Å². The van der Waals surface area contributed by atoms with Gasteiger partial charge in [0.2, 0.25) is 11.2 Å². The van der Waals surface area contributed by atoms with E-state index in [1.165, 1.54) is 0 Å². The van der Waals surface area contributed by atoms with Crippen molar-refractivity contribution in [3.63, 3.8) is 0 Å². The van der Waals surface area contributed by atoms with Crippen molar-refractivity contribution in [2.24, 2.45) is 7.05 Å². The lowest BCUT2D eigenvalue weighted by Crippen LogP contribution is -2.32. The van der Waals surface area contributed by atoms with Crippen molar-refractivity contribution in [3.05, 3.63) is 60.7 Å². The molecule has 0 spiro atoms. The van der Waals surface area contributed by atoms with Gasteiger partial charge in [-0.3, -0.25) is 0 Å². The number of rotatable bonds is 2. The van der Waals surface area contributed by atoms with Gasteiger partial charge in [0.15, 0.2) is 0 Å². The van der Waals surface area contributed by atoms with E-state index in [0.717, 1.165) is 50.1 Å². The van der Waals surface area contributed by atoms with Crippen molar-refractivity contribution in [3.8, 4) is 17.0 Å². The number of ether oxygens (including phenoxy) is 1. The highest BCUT2D eigenvalue weighted by molar-refractivity contribution is 6.10. The molecular formula is C21H20N3O+. The smallest absolute Gasteiger partial charge is 0.220 e. The fourth-order valence-electron chi connectivity index (χ4n) is 3.45. The zero-order valence-corrected chi connectivity index (χ0v) is 14.3. The number of fused-ring (bicyclic) bond motifs is 3. The van der Waals surface area contributed by atoms with Crippen LogP contribution in [-0.2, 0) is 7.05 Å². The third-order valence-corrected chi connectivity index (χ3v) is 4.67. The molecule has 0 unspecified atom stereocenters. The second-order valence-corrected chi connectivity index (χ2v) is 6.22. The number of hydrogen-bond donors (Lipinski definition) is 2. The summed E-state index contributed by atoms with van der Waals surface area (Å²) in [5, 5.41) is 3.43. The van der Waals surface area contributed by atoms with Crippen LogP contribution in [0.3, 0.4) is 0 Å². The predicted molar refractivity (Wildman–Crippen MR) is 103 cm³/mol. The van der Waals surface area contributed by atoms with Crippen LogP contribution in [0, 0.1) is 0 Å². The fraction of sp³-hybridized carbons (Fsp3) is 0.0952. The maximum atomic E-state index is 6.09. The number of methoxy groups -OCH3 is 1. The highest BCUT2D eigenvalue weighted by atomic mass is 16.5. The first-order chi connectivity index (χ1) is 12.1. The predicted octanol–water partition coefficient (Wildman–Crippen LogP) is 3.66. The molecule has 0 fully saturated rings. The Balaban J connectivity index is 2.15. The lowest BCUT2D eigenvalue weighted by atomic mass is 9.98. The average Bonchev–Trinajstić information content (AvgIpc) is 2.62. The van der Waals surface area contributed by atoms with Crippen molar-refractivity contribution >= 4 is 33.1 Å². The third kappa shape index (κ3) is 2.43. The van der Waals surface area contributed by atoms with Gasteiger partial charge in [-0.1, -0.05) is 6.07 Å². The van der Waals surface area contributed by atoms with Crippen LogP contribution in [0.2, 0.25) is 0 Å². The largest absolute Gasteiger partial charge is 0.497 e. The van der Waals surface area contributed by atoms with Gasteiger partial charge in [0, 0.05) is 28.4 Å². The average molecular weight is 330 g/mol. The molecule has 3 aromatic carbocycles. The molecule has 1 heterocycles. The first kappa shape index (κ1) is 15.3. The van der Waals surface area contributed by atoms with Crippen molar-refractivity contribution in [2.45, 2.75) is 0 Å². The number of benzene rings is 3. The van der Waals surface area contributed by atoms with Gasteiger partial charge in [-0.2, -0.15) is 4.57 Å². The van der Waals surface area contributed by atoms with E-state index in [4.69, 9.17) is 16.2 Å². The van der Waals surface area contributed by atoms with Crippen LogP contribution < -0.4 is 20.8 Å². The summed E-state index contributed by atoms with van der Waals surface area (Å²) >= 11 is 0. The Hall–Kier alpha value is -3.27. The van der Waals surface area contributed by atoms with Gasteiger partial charge >= 0.3 is 0 Å². The second kappa shape index (κ2) is 5.67. The standard InChI is InChI=1S/C21H19N3O/c1-24-20-12-15(23)6-10-18(20)17-9-5-14(22)11-19(17)21(24)13-3-7-16(25-2)8-4-13/h3-12,23H,22H2,1-2H3/p+1. The normalized spacial score (nSPS) is 11.1. The van der Waals surface area contributed by atoms with Crippen LogP contribution >= 0.6 is 0 Å². The van der Waals surface area contributed by atoms with E-state index in [-0.39, 0.29) is 0 Å². The molecule has 4 heteroatoms. The van der Waals surface area contributed by atoms with E-state index < -0.39 is 0 Å². The molecule has 4 N–H and O–H groups in total. The van der Waals surface area contributed by atoms with Crippen LogP contribution in [0.15, 0.2) is 60.7 Å². The quantitative estimate of drug-likeness (QED) is 0.335. The molecule has 0 aliphatic carbocycles.